The summed E-state index contributed by atoms with van der Waals surface area (Å²) in [5.74, 6) is -0.0906. The topological polar surface area (TPSA) is 44.1 Å². The molecule has 1 aromatic rings. The normalized spacial score (nSPS) is 9.73. The number of hydrogen-bond donors (Lipinski definition) is 0. The Morgan fingerprint density at radius 1 is 1.40 bits per heavy atom. The molecule has 0 fully saturated rings. The molecule has 1 aromatic carbocycles. The lowest BCUT2D eigenvalue weighted by atomic mass is 10.2. The minimum atomic E-state index is -0.0906. The summed E-state index contributed by atoms with van der Waals surface area (Å²) in [6.07, 6.45) is 0. The first-order valence-electron chi connectivity index (χ1n) is 4.89. The van der Waals surface area contributed by atoms with E-state index in [9.17, 15) is 4.79 Å². The maximum Gasteiger partial charge on any atom is 0.254 e. The van der Waals surface area contributed by atoms with E-state index in [-0.39, 0.29) is 18.5 Å². The van der Waals surface area contributed by atoms with Crippen LogP contribution in [0.15, 0.2) is 30.3 Å². The van der Waals surface area contributed by atoms with Gasteiger partial charge in [0.15, 0.2) is 0 Å². The fourth-order valence-electron chi connectivity index (χ4n) is 1.31. The fourth-order valence-corrected chi connectivity index (χ4v) is 1.31. The average Bonchev–Trinajstić information content (AvgIpc) is 2.26. The smallest absolute Gasteiger partial charge is 0.254 e. The monoisotopic (exact) mass is 202 g/mol. The summed E-state index contributed by atoms with van der Waals surface area (Å²) in [6.45, 7) is 3.93. The van der Waals surface area contributed by atoms with Gasteiger partial charge in [-0.25, -0.2) is 0 Å². The van der Waals surface area contributed by atoms with Gasteiger partial charge < -0.3 is 4.90 Å². The molecule has 1 amide bonds. The quantitative estimate of drug-likeness (QED) is 0.704. The molecule has 0 aliphatic heterocycles. The maximum atomic E-state index is 12.0. The van der Waals surface area contributed by atoms with Crippen LogP contribution in [0, 0.1) is 11.3 Å². The molecule has 0 aliphatic rings. The number of amides is 1. The average molecular weight is 202 g/mol. The first-order valence-corrected chi connectivity index (χ1v) is 4.89. The standard InChI is InChI=1S/C12H14N2O/c1-10(2)14(9-8-13)12(15)11-6-4-3-5-7-11/h3-7,10H,9H2,1-2H3. The summed E-state index contributed by atoms with van der Waals surface area (Å²) in [6, 6.07) is 11.1. The molecule has 1 rings (SSSR count). The van der Waals surface area contributed by atoms with E-state index in [2.05, 4.69) is 0 Å². The Hall–Kier alpha value is -1.82. The van der Waals surface area contributed by atoms with E-state index in [4.69, 9.17) is 5.26 Å². The van der Waals surface area contributed by atoms with Gasteiger partial charge >= 0.3 is 0 Å². The van der Waals surface area contributed by atoms with Gasteiger partial charge in [0.05, 0.1) is 6.07 Å². The first-order chi connectivity index (χ1) is 7.16. The van der Waals surface area contributed by atoms with Crippen LogP contribution in [-0.4, -0.2) is 23.4 Å². The molecule has 0 unspecified atom stereocenters. The van der Waals surface area contributed by atoms with Gasteiger partial charge in [0.2, 0.25) is 0 Å². The van der Waals surface area contributed by atoms with Crippen molar-refractivity contribution in [3.8, 4) is 6.07 Å². The summed E-state index contributed by atoms with van der Waals surface area (Å²) in [4.78, 5) is 13.5. The summed E-state index contributed by atoms with van der Waals surface area (Å²) >= 11 is 0. The lowest BCUT2D eigenvalue weighted by Gasteiger charge is -2.23. The Morgan fingerprint density at radius 2 is 2.00 bits per heavy atom. The zero-order valence-corrected chi connectivity index (χ0v) is 8.97. The Labute approximate surface area is 89.9 Å². The molecule has 3 heteroatoms. The Bertz CT molecular complexity index is 365. The summed E-state index contributed by atoms with van der Waals surface area (Å²) < 4.78 is 0. The molecule has 0 saturated carbocycles. The minimum absolute atomic E-state index is 0.0392. The van der Waals surface area contributed by atoms with Crippen molar-refractivity contribution in [3.63, 3.8) is 0 Å². The number of rotatable bonds is 3. The minimum Gasteiger partial charge on any atom is -0.323 e. The van der Waals surface area contributed by atoms with Gasteiger partial charge in [-0.05, 0) is 26.0 Å². The van der Waals surface area contributed by atoms with Gasteiger partial charge in [0.25, 0.3) is 5.91 Å². The van der Waals surface area contributed by atoms with Gasteiger partial charge in [-0.1, -0.05) is 18.2 Å². The number of hydrogen-bond acceptors (Lipinski definition) is 2. The molecule has 78 valence electrons. The largest absolute Gasteiger partial charge is 0.323 e. The van der Waals surface area contributed by atoms with E-state index >= 15 is 0 Å². The first kappa shape index (κ1) is 11.3. The Morgan fingerprint density at radius 3 is 2.47 bits per heavy atom. The van der Waals surface area contributed by atoms with E-state index in [1.807, 2.05) is 38.1 Å². The van der Waals surface area contributed by atoms with Crippen molar-refractivity contribution in [2.24, 2.45) is 0 Å². The highest BCUT2D eigenvalue weighted by Gasteiger charge is 2.17. The van der Waals surface area contributed by atoms with E-state index < -0.39 is 0 Å². The van der Waals surface area contributed by atoms with Crippen molar-refractivity contribution in [3.05, 3.63) is 35.9 Å². The number of carbonyl (C=O) groups excluding carboxylic acids is 1. The molecule has 0 heterocycles. The molecule has 0 spiro atoms. The highest BCUT2D eigenvalue weighted by atomic mass is 16.2. The van der Waals surface area contributed by atoms with Crippen molar-refractivity contribution in [2.45, 2.75) is 19.9 Å². The van der Waals surface area contributed by atoms with Crippen LogP contribution in [0.4, 0.5) is 0 Å². The molecule has 0 N–H and O–H groups in total. The number of carbonyl (C=O) groups is 1. The second-order valence-electron chi connectivity index (χ2n) is 3.55. The van der Waals surface area contributed by atoms with Crippen LogP contribution in [0.25, 0.3) is 0 Å². The molecule has 3 nitrogen and oxygen atoms in total. The van der Waals surface area contributed by atoms with Crippen molar-refractivity contribution < 1.29 is 4.79 Å². The van der Waals surface area contributed by atoms with E-state index in [0.717, 1.165) is 0 Å². The van der Waals surface area contributed by atoms with Crippen LogP contribution in [0.3, 0.4) is 0 Å². The summed E-state index contributed by atoms with van der Waals surface area (Å²) in [5.41, 5.74) is 0.626. The molecule has 0 bridgehead atoms. The Kier molecular flexibility index (Phi) is 3.87. The number of nitrogens with zero attached hydrogens (tertiary/aromatic N) is 2. The zero-order chi connectivity index (χ0) is 11.3. The predicted molar refractivity (Wildman–Crippen MR) is 58.2 cm³/mol. The molecule has 0 atom stereocenters. The third-order valence-corrected chi connectivity index (χ3v) is 2.15. The Balaban J connectivity index is 2.87. The fraction of sp³-hybridized carbons (Fsp3) is 0.333. The van der Waals surface area contributed by atoms with Gasteiger partial charge in [0, 0.05) is 11.6 Å². The summed E-state index contributed by atoms with van der Waals surface area (Å²) in [7, 11) is 0. The lowest BCUT2D eigenvalue weighted by molar-refractivity contribution is 0.0731. The maximum absolute atomic E-state index is 12.0. The molecule has 0 aliphatic carbocycles. The zero-order valence-electron chi connectivity index (χ0n) is 8.97. The molecular weight excluding hydrogens is 188 g/mol. The van der Waals surface area contributed by atoms with Crippen molar-refractivity contribution >= 4 is 5.91 Å². The van der Waals surface area contributed by atoms with Crippen LogP contribution in [0.5, 0.6) is 0 Å². The highest BCUT2D eigenvalue weighted by Crippen LogP contribution is 2.07. The SMILES string of the molecule is CC(C)N(CC#N)C(=O)c1ccccc1. The lowest BCUT2D eigenvalue weighted by Crippen LogP contribution is -2.37. The van der Waals surface area contributed by atoms with Crippen LogP contribution >= 0.6 is 0 Å². The third-order valence-electron chi connectivity index (χ3n) is 2.15. The predicted octanol–water partition coefficient (Wildman–Crippen LogP) is 2.06. The van der Waals surface area contributed by atoms with Gasteiger partial charge in [-0.2, -0.15) is 5.26 Å². The van der Waals surface area contributed by atoms with Gasteiger partial charge in [0.1, 0.15) is 6.54 Å². The van der Waals surface area contributed by atoms with Crippen molar-refractivity contribution in [1.29, 1.82) is 5.26 Å². The van der Waals surface area contributed by atoms with Crippen LogP contribution < -0.4 is 0 Å². The molecular formula is C12H14N2O. The van der Waals surface area contributed by atoms with Crippen LogP contribution in [-0.2, 0) is 0 Å². The molecule has 0 saturated heterocycles. The second kappa shape index (κ2) is 5.16. The second-order valence-corrected chi connectivity index (χ2v) is 3.55. The molecule has 0 aromatic heterocycles. The number of nitriles is 1. The summed E-state index contributed by atoms with van der Waals surface area (Å²) in [5, 5.41) is 8.64. The molecule has 15 heavy (non-hydrogen) atoms. The van der Waals surface area contributed by atoms with Crippen LogP contribution in [0.2, 0.25) is 0 Å². The third kappa shape index (κ3) is 2.81. The van der Waals surface area contributed by atoms with E-state index in [0.29, 0.717) is 5.56 Å². The van der Waals surface area contributed by atoms with Crippen molar-refractivity contribution in [2.75, 3.05) is 6.54 Å². The van der Waals surface area contributed by atoms with Gasteiger partial charge in [-0.3, -0.25) is 4.79 Å². The van der Waals surface area contributed by atoms with E-state index in [1.54, 1.807) is 17.0 Å². The van der Waals surface area contributed by atoms with E-state index in [1.165, 1.54) is 0 Å². The highest BCUT2D eigenvalue weighted by molar-refractivity contribution is 5.94. The number of benzene rings is 1. The van der Waals surface area contributed by atoms with Crippen LogP contribution in [0.1, 0.15) is 24.2 Å². The van der Waals surface area contributed by atoms with Gasteiger partial charge in [-0.15, -0.1) is 0 Å². The molecule has 0 radical (unpaired) electrons. The van der Waals surface area contributed by atoms with Crippen molar-refractivity contribution in [1.82, 2.24) is 4.90 Å².